The Bertz CT molecular complexity index is 1410. The number of benzene rings is 1. The van der Waals surface area contributed by atoms with Gasteiger partial charge in [0.25, 0.3) is 0 Å². The second kappa shape index (κ2) is 7.91. The minimum Gasteiger partial charge on any atom is -0.436 e. The van der Waals surface area contributed by atoms with Crippen LogP contribution in [0.15, 0.2) is 34.9 Å². The molecule has 6 rings (SSSR count). The highest BCUT2D eigenvalue weighted by Crippen LogP contribution is 2.39. The van der Waals surface area contributed by atoms with Crippen LogP contribution in [0.2, 0.25) is 0 Å². The molecule has 1 aliphatic carbocycles. The van der Waals surface area contributed by atoms with Gasteiger partial charge in [0.05, 0.1) is 11.7 Å². The summed E-state index contributed by atoms with van der Waals surface area (Å²) in [4.78, 5) is 23.9. The number of hydrogen-bond donors (Lipinski definition) is 2. The number of carbonyl (C=O) groups is 1. The van der Waals surface area contributed by atoms with E-state index in [1.165, 1.54) is 0 Å². The lowest BCUT2D eigenvalue weighted by Gasteiger charge is -2.39. The van der Waals surface area contributed by atoms with E-state index in [0.717, 1.165) is 36.1 Å². The van der Waals surface area contributed by atoms with Crippen LogP contribution < -0.4 is 15.5 Å². The summed E-state index contributed by atoms with van der Waals surface area (Å²) in [7, 11) is 3.51. The van der Waals surface area contributed by atoms with Crippen molar-refractivity contribution in [1.82, 2.24) is 20.2 Å². The number of rotatable bonds is 6. The lowest BCUT2D eigenvalue weighted by Crippen LogP contribution is -2.51. The Morgan fingerprint density at radius 2 is 2.06 bits per heavy atom. The number of hydrogen-bond acceptors (Lipinski definition) is 9. The van der Waals surface area contributed by atoms with Crippen molar-refractivity contribution in [2.45, 2.75) is 19.4 Å². The van der Waals surface area contributed by atoms with E-state index in [1.54, 1.807) is 26.4 Å². The Hall–Kier alpha value is -3.79. The fourth-order valence-corrected chi connectivity index (χ4v) is 4.38. The van der Waals surface area contributed by atoms with Gasteiger partial charge in [-0.3, -0.25) is 4.79 Å². The van der Waals surface area contributed by atoms with Crippen LogP contribution in [0.4, 0.5) is 17.3 Å². The minimum absolute atomic E-state index is 0.0262. The number of nitrogens with zero attached hydrogens (tertiary/aromatic N) is 5. The van der Waals surface area contributed by atoms with E-state index in [1.807, 2.05) is 18.2 Å². The SMILES string of the molecule is CNc1ncc(-c2nc3cc(N4CC(OC)C4)ccc3o2)c2cc(NC(=O)[C@H]3C[C@H]3C)nnc12. The molecule has 1 amide bonds. The molecule has 2 N–H and O–H groups in total. The maximum Gasteiger partial charge on any atom is 0.229 e. The van der Waals surface area contributed by atoms with Crippen molar-refractivity contribution < 1.29 is 13.9 Å². The molecule has 2 aliphatic rings. The number of oxazole rings is 1. The summed E-state index contributed by atoms with van der Waals surface area (Å²) in [5.74, 6) is 1.84. The Kier molecular flexibility index (Phi) is 4.84. The molecule has 0 unspecified atom stereocenters. The largest absolute Gasteiger partial charge is 0.436 e. The molecule has 1 saturated carbocycles. The first kappa shape index (κ1) is 20.8. The first-order valence-electron chi connectivity index (χ1n) is 11.4. The van der Waals surface area contributed by atoms with Crippen molar-refractivity contribution in [3.05, 3.63) is 30.5 Å². The molecule has 4 heterocycles. The summed E-state index contributed by atoms with van der Waals surface area (Å²) >= 11 is 0. The number of carbonyl (C=O) groups excluding carboxylic acids is 1. The van der Waals surface area contributed by atoms with Crippen molar-refractivity contribution in [1.29, 1.82) is 0 Å². The lowest BCUT2D eigenvalue weighted by atomic mass is 10.1. The van der Waals surface area contributed by atoms with E-state index in [2.05, 4.69) is 37.6 Å². The predicted octanol–water partition coefficient (Wildman–Crippen LogP) is 3.30. The molecule has 1 aromatic carbocycles. The van der Waals surface area contributed by atoms with Crippen LogP contribution in [0.3, 0.4) is 0 Å². The molecule has 10 heteroatoms. The van der Waals surface area contributed by atoms with Gasteiger partial charge < -0.3 is 24.7 Å². The van der Waals surface area contributed by atoms with Gasteiger partial charge in [0, 0.05) is 50.4 Å². The van der Waals surface area contributed by atoms with Gasteiger partial charge in [-0.2, -0.15) is 0 Å². The number of aromatic nitrogens is 4. The van der Waals surface area contributed by atoms with E-state index < -0.39 is 0 Å². The number of ether oxygens (including phenoxy) is 1. The summed E-state index contributed by atoms with van der Waals surface area (Å²) in [6.45, 7) is 3.79. The van der Waals surface area contributed by atoms with Crippen molar-refractivity contribution in [3.63, 3.8) is 0 Å². The smallest absolute Gasteiger partial charge is 0.229 e. The van der Waals surface area contributed by atoms with Crippen LogP contribution in [-0.4, -0.2) is 59.4 Å². The molecular weight excluding hydrogens is 434 g/mol. The van der Waals surface area contributed by atoms with E-state index in [4.69, 9.17) is 14.1 Å². The normalized spacial score (nSPS) is 19.9. The average molecular weight is 460 g/mol. The number of methoxy groups -OCH3 is 1. The fraction of sp³-hybridized carbons (Fsp3) is 0.375. The van der Waals surface area contributed by atoms with Crippen LogP contribution in [-0.2, 0) is 9.53 Å². The second-order valence-corrected chi connectivity index (χ2v) is 9.00. The predicted molar refractivity (Wildman–Crippen MR) is 129 cm³/mol. The fourth-order valence-electron chi connectivity index (χ4n) is 4.38. The molecule has 0 radical (unpaired) electrons. The molecular formula is C24H25N7O3. The van der Waals surface area contributed by atoms with Crippen molar-refractivity contribution in [2.24, 2.45) is 11.8 Å². The molecule has 10 nitrogen and oxygen atoms in total. The van der Waals surface area contributed by atoms with Crippen LogP contribution in [0, 0.1) is 11.8 Å². The molecule has 174 valence electrons. The Balaban J connectivity index is 1.38. The molecule has 0 spiro atoms. The second-order valence-electron chi connectivity index (χ2n) is 9.00. The average Bonchev–Trinajstić information content (AvgIpc) is 3.40. The molecule has 4 aromatic rings. The van der Waals surface area contributed by atoms with Crippen LogP contribution >= 0.6 is 0 Å². The highest BCUT2D eigenvalue weighted by Gasteiger charge is 2.39. The first-order chi connectivity index (χ1) is 16.5. The van der Waals surface area contributed by atoms with Gasteiger partial charge in [-0.05, 0) is 36.6 Å². The van der Waals surface area contributed by atoms with Crippen LogP contribution in [0.5, 0.6) is 0 Å². The third kappa shape index (κ3) is 3.50. The third-order valence-corrected chi connectivity index (χ3v) is 6.71. The van der Waals surface area contributed by atoms with Crippen LogP contribution in [0.1, 0.15) is 13.3 Å². The Labute approximate surface area is 195 Å². The van der Waals surface area contributed by atoms with Gasteiger partial charge in [0.1, 0.15) is 11.0 Å². The number of fused-ring (bicyclic) bond motifs is 2. The quantitative estimate of drug-likeness (QED) is 0.448. The minimum atomic E-state index is -0.0262. The van der Waals surface area contributed by atoms with Gasteiger partial charge in [-0.1, -0.05) is 6.92 Å². The molecule has 3 aromatic heterocycles. The van der Waals surface area contributed by atoms with Gasteiger partial charge in [0.15, 0.2) is 17.2 Å². The molecule has 1 saturated heterocycles. The van der Waals surface area contributed by atoms with Crippen molar-refractivity contribution >= 4 is 45.2 Å². The number of amides is 1. The van der Waals surface area contributed by atoms with Crippen molar-refractivity contribution in [2.75, 3.05) is 42.8 Å². The number of anilines is 3. The van der Waals surface area contributed by atoms with Gasteiger partial charge in [-0.25, -0.2) is 9.97 Å². The van der Waals surface area contributed by atoms with E-state index in [9.17, 15) is 4.79 Å². The van der Waals surface area contributed by atoms with Crippen LogP contribution in [0.25, 0.3) is 33.5 Å². The summed E-state index contributed by atoms with van der Waals surface area (Å²) in [5, 5.41) is 15.2. The Morgan fingerprint density at radius 3 is 2.79 bits per heavy atom. The first-order valence-corrected chi connectivity index (χ1v) is 11.4. The number of nitrogens with one attached hydrogen (secondary N) is 2. The zero-order valence-electron chi connectivity index (χ0n) is 19.2. The van der Waals surface area contributed by atoms with Crippen molar-refractivity contribution in [3.8, 4) is 11.5 Å². The van der Waals surface area contributed by atoms with Gasteiger partial charge >= 0.3 is 0 Å². The molecule has 0 bridgehead atoms. The zero-order chi connectivity index (χ0) is 23.4. The summed E-state index contributed by atoms with van der Waals surface area (Å²) < 4.78 is 11.5. The highest BCUT2D eigenvalue weighted by molar-refractivity contribution is 6.01. The molecule has 2 atom stereocenters. The lowest BCUT2D eigenvalue weighted by molar-refractivity contribution is -0.117. The zero-order valence-corrected chi connectivity index (χ0v) is 19.2. The van der Waals surface area contributed by atoms with Gasteiger partial charge in [0.2, 0.25) is 11.8 Å². The highest BCUT2D eigenvalue weighted by atomic mass is 16.5. The monoisotopic (exact) mass is 459 g/mol. The topological polar surface area (TPSA) is 118 Å². The maximum atomic E-state index is 12.4. The maximum absolute atomic E-state index is 12.4. The standard InChI is InChI=1S/C24H25N7O3/c1-12-6-15(12)23(32)28-20-8-16-17(9-26-22(25-2)21(16)30-29-20)24-27-18-7-13(4-5-19(18)34-24)31-10-14(11-31)33-3/h4-5,7-9,12,14-15H,6,10-11H2,1-3H3,(H,25,26)(H,28,29,32)/t12-,15+/m1/s1. The molecule has 1 aliphatic heterocycles. The third-order valence-electron chi connectivity index (χ3n) is 6.71. The number of pyridine rings is 1. The van der Waals surface area contributed by atoms with E-state index in [0.29, 0.717) is 40.1 Å². The molecule has 2 fully saturated rings. The summed E-state index contributed by atoms with van der Waals surface area (Å²) in [5.41, 5.74) is 3.79. The summed E-state index contributed by atoms with van der Waals surface area (Å²) in [6, 6.07) is 7.78. The van der Waals surface area contributed by atoms with E-state index >= 15 is 0 Å². The summed E-state index contributed by atoms with van der Waals surface area (Å²) in [6.07, 6.45) is 2.88. The Morgan fingerprint density at radius 1 is 1.24 bits per heavy atom. The van der Waals surface area contributed by atoms with Gasteiger partial charge in [-0.15, -0.1) is 10.2 Å². The van der Waals surface area contributed by atoms with E-state index in [-0.39, 0.29) is 17.9 Å². The molecule has 34 heavy (non-hydrogen) atoms.